The van der Waals surface area contributed by atoms with Crippen LogP contribution < -0.4 is 10.6 Å². The van der Waals surface area contributed by atoms with Crippen LogP contribution in [-0.2, 0) is 24.3 Å². The van der Waals surface area contributed by atoms with Gasteiger partial charge in [0.05, 0.1) is 31.1 Å². The summed E-state index contributed by atoms with van der Waals surface area (Å²) in [4.78, 5) is 26.9. The maximum Gasteiger partial charge on any atom is 0.407 e. The van der Waals surface area contributed by atoms with Crippen molar-refractivity contribution in [2.75, 3.05) is 26.0 Å². The molecule has 1 aromatic rings. The molecule has 2 N–H and O–H groups in total. The molecular formula is C33H50FN3O6S. The first-order valence-corrected chi connectivity index (χ1v) is 18.2. The number of nitrogens with one attached hydrogen (secondary N) is 2. The van der Waals surface area contributed by atoms with Crippen LogP contribution in [0.2, 0.25) is 0 Å². The Hall–Kier alpha value is -2.08. The fourth-order valence-corrected chi connectivity index (χ4v) is 10.3. The van der Waals surface area contributed by atoms with Gasteiger partial charge >= 0.3 is 6.09 Å². The standard InChI is InChI=1S/C33H50FN3O6S/c1-21-16-26(17-22(2)43-21)31(24-9-12-27(34)13-10-24)32(36-33(39)42-3)30(38)18-25-7-4-6-23(25)11-14-29-19-35-28-8-5-15-44(40,41)37(29)20-28/h9-10,12-13,21-23,25-26,28-29,31-32,35H,4-8,11,14-20H2,1-3H3,(H,36,39)/t21-,22+,23-,25-,26?,28-,29+,31+,32-/m1/s1. The third-order valence-corrected chi connectivity index (χ3v) is 12.5. The summed E-state index contributed by atoms with van der Waals surface area (Å²) in [5, 5.41) is 6.45. The van der Waals surface area contributed by atoms with E-state index in [1.807, 2.05) is 13.8 Å². The Balaban J connectivity index is 1.32. The highest BCUT2D eigenvalue weighted by molar-refractivity contribution is 7.89. The van der Waals surface area contributed by atoms with Gasteiger partial charge in [0.15, 0.2) is 5.78 Å². The highest BCUT2D eigenvalue weighted by Crippen LogP contribution is 2.42. The molecular weight excluding hydrogens is 585 g/mol. The zero-order valence-electron chi connectivity index (χ0n) is 26.4. The van der Waals surface area contributed by atoms with E-state index in [0.29, 0.717) is 31.8 Å². The molecule has 246 valence electrons. The fraction of sp³-hybridized carbons (Fsp3) is 0.758. The molecule has 11 heteroatoms. The lowest BCUT2D eigenvalue weighted by Crippen LogP contribution is -2.57. The van der Waals surface area contributed by atoms with Crippen LogP contribution in [0, 0.1) is 23.6 Å². The van der Waals surface area contributed by atoms with E-state index in [2.05, 4.69) is 10.6 Å². The number of alkyl carbamates (subject to hydrolysis) is 1. The van der Waals surface area contributed by atoms with E-state index in [-0.39, 0.29) is 59.4 Å². The Morgan fingerprint density at radius 3 is 2.48 bits per heavy atom. The Bertz CT molecular complexity index is 1240. The zero-order chi connectivity index (χ0) is 31.4. The van der Waals surface area contributed by atoms with Gasteiger partial charge in [0.1, 0.15) is 5.82 Å². The highest BCUT2D eigenvalue weighted by atomic mass is 32.2. The van der Waals surface area contributed by atoms with Crippen molar-refractivity contribution >= 4 is 21.9 Å². The SMILES string of the molecule is COC(=O)N[C@H](C(=O)C[C@H]1CCC[C@@H]1CC[C@H]1CN[C@@H]2CCCS(=O)(=O)N1C2)[C@@H](c1ccc(F)cc1)C1C[C@@H](C)O[C@@H](C)C1. The first-order chi connectivity index (χ1) is 21.0. The summed E-state index contributed by atoms with van der Waals surface area (Å²) in [5.74, 6) is -0.000631. The second-order valence-corrected chi connectivity index (χ2v) is 15.7. The number of hydrogen-bond acceptors (Lipinski definition) is 7. The second-order valence-electron chi connectivity index (χ2n) is 13.7. The van der Waals surface area contributed by atoms with Crippen LogP contribution in [0.15, 0.2) is 24.3 Å². The largest absolute Gasteiger partial charge is 0.453 e. The molecule has 0 radical (unpaired) electrons. The topological polar surface area (TPSA) is 114 Å². The van der Waals surface area contributed by atoms with Crippen molar-refractivity contribution in [2.45, 2.75) is 114 Å². The number of amides is 1. The molecule has 0 aromatic heterocycles. The number of carbonyl (C=O) groups is 2. The van der Waals surface area contributed by atoms with Crippen molar-refractivity contribution in [3.05, 3.63) is 35.6 Å². The van der Waals surface area contributed by atoms with Gasteiger partial charge in [0.25, 0.3) is 0 Å². The van der Waals surface area contributed by atoms with Gasteiger partial charge in [-0.15, -0.1) is 0 Å². The minimum absolute atomic E-state index is 0.00244. The van der Waals surface area contributed by atoms with Gasteiger partial charge in [-0.2, -0.15) is 4.31 Å². The summed E-state index contributed by atoms with van der Waals surface area (Å²) >= 11 is 0. The lowest BCUT2D eigenvalue weighted by molar-refractivity contribution is -0.124. The zero-order valence-corrected chi connectivity index (χ0v) is 27.2. The molecule has 44 heavy (non-hydrogen) atoms. The van der Waals surface area contributed by atoms with Crippen LogP contribution in [0.3, 0.4) is 0 Å². The van der Waals surface area contributed by atoms with Crippen LogP contribution in [0.5, 0.6) is 0 Å². The number of carbonyl (C=O) groups excluding carboxylic acids is 2. The quantitative estimate of drug-likeness (QED) is 0.381. The van der Waals surface area contributed by atoms with Crippen molar-refractivity contribution in [3.8, 4) is 0 Å². The maximum atomic E-state index is 14.3. The maximum absolute atomic E-state index is 14.3. The predicted molar refractivity (Wildman–Crippen MR) is 166 cm³/mol. The van der Waals surface area contributed by atoms with E-state index in [4.69, 9.17) is 9.47 Å². The number of fused-ring (bicyclic) bond motifs is 2. The van der Waals surface area contributed by atoms with Crippen LogP contribution in [0.1, 0.15) is 89.5 Å². The monoisotopic (exact) mass is 635 g/mol. The van der Waals surface area contributed by atoms with Gasteiger partial charge in [0, 0.05) is 37.5 Å². The number of rotatable bonds is 10. The first-order valence-electron chi connectivity index (χ1n) is 16.5. The molecule has 2 bridgehead atoms. The first kappa shape index (κ1) is 33.3. The molecule has 10 atom stereocenters. The van der Waals surface area contributed by atoms with Gasteiger partial charge in [-0.1, -0.05) is 25.0 Å². The van der Waals surface area contributed by atoms with Crippen LogP contribution in [0.25, 0.3) is 0 Å². The van der Waals surface area contributed by atoms with Gasteiger partial charge in [0.2, 0.25) is 10.0 Å². The third kappa shape index (κ3) is 8.00. The van der Waals surface area contributed by atoms with Gasteiger partial charge in [-0.05, 0) is 94.2 Å². The van der Waals surface area contributed by atoms with E-state index >= 15 is 0 Å². The number of nitrogens with zero attached hydrogens (tertiary/aromatic N) is 1. The molecule has 9 nitrogen and oxygen atoms in total. The number of ketones is 1. The Kier molecular flexibility index (Phi) is 11.0. The molecule has 0 spiro atoms. The van der Waals surface area contributed by atoms with Crippen molar-refractivity contribution in [2.24, 2.45) is 17.8 Å². The molecule has 1 aliphatic carbocycles. The van der Waals surface area contributed by atoms with Crippen LogP contribution >= 0.6 is 0 Å². The van der Waals surface area contributed by atoms with Crippen LogP contribution in [0.4, 0.5) is 9.18 Å². The number of hydrogen-bond donors (Lipinski definition) is 2. The number of ether oxygens (including phenoxy) is 2. The number of halogens is 1. The average molecular weight is 636 g/mol. The summed E-state index contributed by atoms with van der Waals surface area (Å²) in [7, 11) is -1.95. The van der Waals surface area contributed by atoms with E-state index in [1.165, 1.54) is 19.2 Å². The number of sulfonamides is 1. The minimum Gasteiger partial charge on any atom is -0.453 e. The predicted octanol–water partition coefficient (Wildman–Crippen LogP) is 4.76. The summed E-state index contributed by atoms with van der Waals surface area (Å²) in [6.45, 7) is 5.27. The molecule has 3 aliphatic heterocycles. The number of piperazine rings is 1. The third-order valence-electron chi connectivity index (χ3n) is 10.6. The summed E-state index contributed by atoms with van der Waals surface area (Å²) in [5.41, 5.74) is 0.817. The normalized spacial score (nSPS) is 34.8. The number of methoxy groups -OCH3 is 1. The number of Topliss-reactive ketones (excluding diaryl/α,β-unsaturated/α-hetero) is 1. The van der Waals surface area contributed by atoms with Crippen molar-refractivity contribution in [3.63, 3.8) is 0 Å². The van der Waals surface area contributed by atoms with Gasteiger partial charge in [-0.3, -0.25) is 4.79 Å². The summed E-state index contributed by atoms with van der Waals surface area (Å²) in [6, 6.07) is 5.63. The van der Waals surface area contributed by atoms with Crippen LogP contribution in [-0.4, -0.2) is 80.9 Å². The Labute approximate surface area is 262 Å². The lowest BCUT2D eigenvalue weighted by atomic mass is 9.72. The molecule has 1 amide bonds. The number of benzene rings is 1. The van der Waals surface area contributed by atoms with Gasteiger partial charge in [-0.25, -0.2) is 17.6 Å². The molecule has 2 unspecified atom stereocenters. The molecule has 5 rings (SSSR count). The summed E-state index contributed by atoms with van der Waals surface area (Å²) in [6.07, 6.45) is 7.31. The molecule has 3 saturated heterocycles. The smallest absolute Gasteiger partial charge is 0.407 e. The lowest BCUT2D eigenvalue weighted by Gasteiger charge is -2.40. The van der Waals surface area contributed by atoms with Crippen molar-refractivity contribution < 1.29 is 31.9 Å². The van der Waals surface area contributed by atoms with Crippen molar-refractivity contribution in [1.82, 2.24) is 14.9 Å². The second kappa shape index (κ2) is 14.6. The fourth-order valence-electron chi connectivity index (χ4n) is 8.53. The van der Waals surface area contributed by atoms with E-state index in [9.17, 15) is 22.4 Å². The molecule has 4 aliphatic rings. The highest BCUT2D eigenvalue weighted by Gasteiger charge is 2.42. The molecule has 1 aromatic carbocycles. The molecule has 1 saturated carbocycles. The van der Waals surface area contributed by atoms with E-state index < -0.39 is 22.2 Å². The molecule has 4 fully saturated rings. The Morgan fingerprint density at radius 1 is 1.07 bits per heavy atom. The summed E-state index contributed by atoms with van der Waals surface area (Å²) < 4.78 is 52.6. The van der Waals surface area contributed by atoms with Crippen molar-refractivity contribution in [1.29, 1.82) is 0 Å². The van der Waals surface area contributed by atoms with Gasteiger partial charge < -0.3 is 20.1 Å². The molecule has 3 heterocycles. The average Bonchev–Trinajstić information content (AvgIpc) is 3.38. The van der Waals surface area contributed by atoms with E-state index in [1.54, 1.807) is 16.4 Å². The van der Waals surface area contributed by atoms with E-state index in [0.717, 1.165) is 56.9 Å². The minimum atomic E-state index is -3.25. The Morgan fingerprint density at radius 2 is 1.77 bits per heavy atom.